The molecule has 3 amide bonds. The maximum absolute atomic E-state index is 12.7. The van der Waals surface area contributed by atoms with Gasteiger partial charge in [-0.3, -0.25) is 14.4 Å². The van der Waals surface area contributed by atoms with Crippen LogP contribution >= 0.6 is 11.8 Å². The molecule has 1 aromatic carbocycles. The summed E-state index contributed by atoms with van der Waals surface area (Å²) in [5.41, 5.74) is 0.390. The molecule has 8 heteroatoms. The second-order valence-electron chi connectivity index (χ2n) is 7.42. The number of carbonyl (C=O) groups excluding carboxylic acids is 3. The molecule has 0 aromatic heterocycles. The van der Waals surface area contributed by atoms with Crippen LogP contribution in [0.15, 0.2) is 24.3 Å². The lowest BCUT2D eigenvalue weighted by Gasteiger charge is -2.21. The molecule has 0 saturated heterocycles. The molecule has 0 heterocycles. The zero-order valence-corrected chi connectivity index (χ0v) is 18.7. The Hall–Kier alpha value is -2.22. The summed E-state index contributed by atoms with van der Waals surface area (Å²) in [7, 11) is 1.51. The van der Waals surface area contributed by atoms with Gasteiger partial charge in [0.1, 0.15) is 11.8 Å². The van der Waals surface area contributed by atoms with E-state index in [0.29, 0.717) is 30.8 Å². The normalized spacial score (nSPS) is 15.1. The molecule has 1 aliphatic rings. The Morgan fingerprint density at radius 2 is 1.80 bits per heavy atom. The fourth-order valence-electron chi connectivity index (χ4n) is 3.58. The number of ether oxygens (including phenoxy) is 1. The van der Waals surface area contributed by atoms with Crippen molar-refractivity contribution in [2.75, 3.05) is 32.2 Å². The first-order valence-corrected chi connectivity index (χ1v) is 11.9. The first-order valence-electron chi connectivity index (χ1n) is 10.5. The number of amides is 3. The van der Waals surface area contributed by atoms with Crippen molar-refractivity contribution in [3.63, 3.8) is 0 Å². The van der Waals surface area contributed by atoms with Crippen LogP contribution in [-0.2, 0) is 9.59 Å². The van der Waals surface area contributed by atoms with Crippen LogP contribution in [-0.4, -0.2) is 56.0 Å². The highest BCUT2D eigenvalue weighted by Gasteiger charge is 2.23. The van der Waals surface area contributed by atoms with Gasteiger partial charge in [-0.05, 0) is 43.4 Å². The van der Waals surface area contributed by atoms with Gasteiger partial charge in [-0.25, -0.2) is 0 Å². The van der Waals surface area contributed by atoms with Gasteiger partial charge in [-0.15, -0.1) is 0 Å². The Labute approximate surface area is 183 Å². The van der Waals surface area contributed by atoms with Gasteiger partial charge in [-0.2, -0.15) is 11.8 Å². The van der Waals surface area contributed by atoms with Crippen LogP contribution in [0.5, 0.6) is 5.75 Å². The molecule has 7 nitrogen and oxygen atoms in total. The van der Waals surface area contributed by atoms with Crippen molar-refractivity contribution in [3.8, 4) is 5.75 Å². The Morgan fingerprint density at radius 3 is 2.50 bits per heavy atom. The highest BCUT2D eigenvalue weighted by Crippen LogP contribution is 2.23. The predicted molar refractivity (Wildman–Crippen MR) is 120 cm³/mol. The van der Waals surface area contributed by atoms with Crippen LogP contribution in [0, 0.1) is 5.92 Å². The molecule has 30 heavy (non-hydrogen) atoms. The number of nitrogens with one attached hydrogen (secondary N) is 3. The first-order chi connectivity index (χ1) is 14.6. The maximum atomic E-state index is 12.7. The van der Waals surface area contributed by atoms with Crippen molar-refractivity contribution in [3.05, 3.63) is 29.8 Å². The second kappa shape index (κ2) is 13.2. The van der Waals surface area contributed by atoms with Crippen LogP contribution in [0.4, 0.5) is 0 Å². The van der Waals surface area contributed by atoms with E-state index in [4.69, 9.17) is 4.74 Å². The van der Waals surface area contributed by atoms with Gasteiger partial charge in [0.15, 0.2) is 0 Å². The van der Waals surface area contributed by atoms with Crippen molar-refractivity contribution in [2.24, 2.45) is 5.92 Å². The third kappa shape index (κ3) is 7.55. The number of hydrogen-bond acceptors (Lipinski definition) is 5. The van der Waals surface area contributed by atoms with Crippen molar-refractivity contribution in [1.82, 2.24) is 16.0 Å². The van der Waals surface area contributed by atoms with E-state index in [2.05, 4.69) is 16.0 Å². The molecule has 1 saturated carbocycles. The highest BCUT2D eigenvalue weighted by atomic mass is 32.2. The molecule has 0 spiro atoms. The number of methoxy groups -OCH3 is 1. The Bertz CT molecular complexity index is 707. The van der Waals surface area contributed by atoms with Crippen molar-refractivity contribution >= 4 is 29.5 Å². The minimum absolute atomic E-state index is 0.0763. The van der Waals surface area contributed by atoms with Gasteiger partial charge in [0, 0.05) is 19.0 Å². The first kappa shape index (κ1) is 24.1. The topological polar surface area (TPSA) is 96.5 Å². The second-order valence-corrected chi connectivity index (χ2v) is 8.41. The summed E-state index contributed by atoms with van der Waals surface area (Å²) in [4.78, 5) is 37.5. The predicted octanol–water partition coefficient (Wildman–Crippen LogP) is 2.36. The zero-order valence-electron chi connectivity index (χ0n) is 17.9. The molecule has 1 unspecified atom stereocenters. The number of rotatable bonds is 11. The number of carbonyl (C=O) groups is 3. The Morgan fingerprint density at radius 1 is 1.10 bits per heavy atom. The fourth-order valence-corrected chi connectivity index (χ4v) is 4.05. The van der Waals surface area contributed by atoms with E-state index >= 15 is 0 Å². The summed E-state index contributed by atoms with van der Waals surface area (Å²) in [5.74, 6) is 0.780. The monoisotopic (exact) mass is 435 g/mol. The van der Waals surface area contributed by atoms with E-state index in [0.717, 1.165) is 31.4 Å². The van der Waals surface area contributed by atoms with E-state index < -0.39 is 6.04 Å². The lowest BCUT2D eigenvalue weighted by Crippen LogP contribution is -2.48. The molecule has 1 aliphatic carbocycles. The smallest absolute Gasteiger partial charge is 0.255 e. The third-order valence-corrected chi connectivity index (χ3v) is 5.93. The van der Waals surface area contributed by atoms with Gasteiger partial charge in [0.2, 0.25) is 11.8 Å². The quantitative estimate of drug-likeness (QED) is 0.464. The van der Waals surface area contributed by atoms with Gasteiger partial charge in [0.25, 0.3) is 5.91 Å². The molecule has 1 atom stereocenters. The van der Waals surface area contributed by atoms with Gasteiger partial charge >= 0.3 is 0 Å². The minimum Gasteiger partial charge on any atom is -0.496 e. The van der Waals surface area contributed by atoms with E-state index in [1.807, 2.05) is 6.26 Å². The molecule has 0 bridgehead atoms. The lowest BCUT2D eigenvalue weighted by atomic mass is 9.89. The molecule has 0 radical (unpaired) electrons. The highest BCUT2D eigenvalue weighted by molar-refractivity contribution is 7.98. The van der Waals surface area contributed by atoms with Crippen LogP contribution < -0.4 is 20.7 Å². The van der Waals surface area contributed by atoms with E-state index in [1.165, 1.54) is 13.5 Å². The molecular formula is C22H33N3O4S. The number of thioether (sulfide) groups is 1. The molecular weight excluding hydrogens is 402 g/mol. The average molecular weight is 436 g/mol. The fraction of sp³-hybridized carbons (Fsp3) is 0.591. The lowest BCUT2D eigenvalue weighted by molar-refractivity contribution is -0.126. The van der Waals surface area contributed by atoms with E-state index in [1.54, 1.807) is 36.0 Å². The summed E-state index contributed by atoms with van der Waals surface area (Å²) in [5, 5.41) is 8.55. The summed E-state index contributed by atoms with van der Waals surface area (Å²) >= 11 is 1.61. The van der Waals surface area contributed by atoms with Crippen LogP contribution in [0.25, 0.3) is 0 Å². The third-order valence-electron chi connectivity index (χ3n) is 5.28. The van der Waals surface area contributed by atoms with Crippen molar-refractivity contribution in [2.45, 2.75) is 44.6 Å². The molecule has 2 rings (SSSR count). The molecule has 0 aliphatic heterocycles. The largest absolute Gasteiger partial charge is 0.496 e. The van der Waals surface area contributed by atoms with Gasteiger partial charge in [-0.1, -0.05) is 31.4 Å². The molecule has 1 fully saturated rings. The van der Waals surface area contributed by atoms with Crippen molar-refractivity contribution in [1.29, 1.82) is 0 Å². The summed E-state index contributed by atoms with van der Waals surface area (Å²) < 4.78 is 5.24. The number of hydrogen-bond donors (Lipinski definition) is 3. The summed E-state index contributed by atoms with van der Waals surface area (Å²) in [6, 6.07) is 6.27. The number of para-hydroxylation sites is 1. The van der Waals surface area contributed by atoms with Crippen molar-refractivity contribution < 1.29 is 19.1 Å². The standard InChI is InChI=1S/C22H33N3O4S/c1-29-19-11-7-6-10-17(19)21(27)25-18(12-15-30-2)22(28)24-14-13-23-20(26)16-8-4-3-5-9-16/h6-7,10-11,16,18H,3-5,8-9,12-15H2,1-2H3,(H,23,26)(H,24,28)(H,25,27). The minimum atomic E-state index is -0.649. The Balaban J connectivity index is 1.83. The summed E-state index contributed by atoms with van der Waals surface area (Å²) in [6.45, 7) is 0.717. The zero-order chi connectivity index (χ0) is 21.8. The SMILES string of the molecule is COc1ccccc1C(=O)NC(CCSC)C(=O)NCCNC(=O)C1CCCCC1. The van der Waals surface area contributed by atoms with E-state index in [9.17, 15) is 14.4 Å². The van der Waals surface area contributed by atoms with Crippen LogP contribution in [0.1, 0.15) is 48.9 Å². The molecule has 3 N–H and O–H groups in total. The van der Waals surface area contributed by atoms with Gasteiger partial charge in [0.05, 0.1) is 12.7 Å². The average Bonchev–Trinajstić information content (AvgIpc) is 2.79. The molecule has 1 aromatic rings. The van der Waals surface area contributed by atoms with E-state index in [-0.39, 0.29) is 23.6 Å². The maximum Gasteiger partial charge on any atom is 0.255 e. The van der Waals surface area contributed by atoms with Crippen LogP contribution in [0.3, 0.4) is 0 Å². The van der Waals surface area contributed by atoms with Crippen LogP contribution in [0.2, 0.25) is 0 Å². The Kier molecular flexibility index (Phi) is 10.5. The number of benzene rings is 1. The summed E-state index contributed by atoms with van der Waals surface area (Å²) in [6.07, 6.45) is 7.79. The van der Waals surface area contributed by atoms with Gasteiger partial charge < -0.3 is 20.7 Å². The molecule has 166 valence electrons.